The average molecular weight is 425 g/mol. The zero-order valence-electron chi connectivity index (χ0n) is 16.4. The van der Waals surface area contributed by atoms with E-state index < -0.39 is 12.7 Å². The number of hydrogen-bond acceptors (Lipinski definition) is 6. The molecule has 0 unspecified atom stereocenters. The van der Waals surface area contributed by atoms with Crippen LogP contribution in [0.15, 0.2) is 16.8 Å². The lowest BCUT2D eigenvalue weighted by molar-refractivity contribution is -0.149. The van der Waals surface area contributed by atoms with Gasteiger partial charge in [0.25, 0.3) is 5.89 Å². The maximum absolute atomic E-state index is 12.5. The number of amides is 1. The van der Waals surface area contributed by atoms with Gasteiger partial charge in [0, 0.05) is 11.7 Å². The Labute approximate surface area is 170 Å². The Morgan fingerprint density at radius 1 is 1.33 bits per heavy atom. The minimum atomic E-state index is -4.35. The zero-order valence-corrected chi connectivity index (χ0v) is 16.4. The smallest absolute Gasteiger partial charge is 0.408 e. The standard InChI is InChI=1S/C19H22F3N5O3/c1-11-2-13(3-11)29-6-14(28)24-18-7-17(8-18,9-18)16-26-25-15(30-16)12-4-23-27(5-12)10-19(20,21)22/h4-5,11,13H,2-3,6-10H2,1H3,(H,24,28). The Kier molecular flexibility index (Phi) is 4.25. The highest BCUT2D eigenvalue weighted by Gasteiger charge is 2.71. The second kappa shape index (κ2) is 6.53. The van der Waals surface area contributed by atoms with E-state index in [1.54, 1.807) is 0 Å². The Morgan fingerprint density at radius 3 is 2.73 bits per heavy atom. The van der Waals surface area contributed by atoms with Crippen molar-refractivity contribution in [3.63, 3.8) is 0 Å². The van der Waals surface area contributed by atoms with Gasteiger partial charge in [0.15, 0.2) is 0 Å². The first-order valence-electron chi connectivity index (χ1n) is 10.00. The number of ether oxygens (including phenoxy) is 1. The van der Waals surface area contributed by atoms with Crippen LogP contribution in [-0.4, -0.2) is 50.3 Å². The van der Waals surface area contributed by atoms with Crippen LogP contribution in [-0.2, 0) is 21.5 Å². The summed E-state index contributed by atoms with van der Waals surface area (Å²) in [5, 5.41) is 14.8. The van der Waals surface area contributed by atoms with Crippen molar-refractivity contribution in [2.24, 2.45) is 5.92 Å². The molecule has 2 aromatic rings. The highest BCUT2D eigenvalue weighted by atomic mass is 19.4. The van der Waals surface area contributed by atoms with Gasteiger partial charge in [-0.15, -0.1) is 10.2 Å². The highest BCUT2D eigenvalue weighted by molar-refractivity contribution is 5.79. The van der Waals surface area contributed by atoms with Crippen LogP contribution in [0, 0.1) is 5.92 Å². The van der Waals surface area contributed by atoms with E-state index in [0.29, 0.717) is 36.6 Å². The van der Waals surface area contributed by atoms with Crippen molar-refractivity contribution in [2.45, 2.75) is 68.8 Å². The number of carbonyl (C=O) groups is 1. The number of nitrogens with one attached hydrogen (secondary N) is 1. The molecular formula is C19H22F3N5O3. The first-order valence-corrected chi connectivity index (χ1v) is 10.00. The number of aromatic nitrogens is 4. The average Bonchev–Trinajstić information content (AvgIpc) is 3.20. The lowest BCUT2D eigenvalue weighted by Crippen LogP contribution is -2.77. The summed E-state index contributed by atoms with van der Waals surface area (Å²) in [6, 6.07) is 0. The van der Waals surface area contributed by atoms with Crippen molar-refractivity contribution >= 4 is 5.91 Å². The molecule has 4 saturated carbocycles. The van der Waals surface area contributed by atoms with Crippen molar-refractivity contribution in [2.75, 3.05) is 6.61 Å². The SMILES string of the molecule is CC1CC(OCC(=O)NC23CC(c4nnc(-c5cnn(CC(F)(F)F)c5)o4)(C2)C3)C1. The minimum absolute atomic E-state index is 0.0821. The second-order valence-corrected chi connectivity index (χ2v) is 9.10. The fraction of sp³-hybridized carbons (Fsp3) is 0.684. The van der Waals surface area contributed by atoms with Gasteiger partial charge in [-0.2, -0.15) is 18.3 Å². The van der Waals surface area contributed by atoms with E-state index in [4.69, 9.17) is 9.15 Å². The van der Waals surface area contributed by atoms with Gasteiger partial charge in [-0.1, -0.05) is 6.92 Å². The molecule has 162 valence electrons. The molecule has 0 aliphatic heterocycles. The number of hydrogen-bond donors (Lipinski definition) is 1. The molecule has 0 atom stereocenters. The van der Waals surface area contributed by atoms with E-state index in [1.165, 1.54) is 12.4 Å². The Morgan fingerprint density at radius 2 is 2.07 bits per heavy atom. The van der Waals surface area contributed by atoms with Gasteiger partial charge in [-0.25, -0.2) is 0 Å². The molecule has 4 aliphatic rings. The number of nitrogens with zero attached hydrogens (tertiary/aromatic N) is 4. The van der Waals surface area contributed by atoms with Gasteiger partial charge in [0.1, 0.15) is 13.2 Å². The first kappa shape index (κ1) is 19.5. The summed E-state index contributed by atoms with van der Waals surface area (Å²) >= 11 is 0. The molecule has 0 saturated heterocycles. The molecule has 1 amide bonds. The van der Waals surface area contributed by atoms with Gasteiger partial charge >= 0.3 is 6.18 Å². The van der Waals surface area contributed by atoms with Crippen molar-refractivity contribution in [3.05, 3.63) is 18.3 Å². The quantitative estimate of drug-likeness (QED) is 0.733. The summed E-state index contributed by atoms with van der Waals surface area (Å²) in [7, 11) is 0. The van der Waals surface area contributed by atoms with Gasteiger partial charge in [-0.3, -0.25) is 9.48 Å². The summed E-state index contributed by atoms with van der Waals surface area (Å²) in [6.45, 7) is 1.07. The first-order chi connectivity index (χ1) is 14.1. The highest BCUT2D eigenvalue weighted by Crippen LogP contribution is 2.67. The number of carbonyl (C=O) groups excluding carboxylic acids is 1. The number of halogens is 3. The topological polar surface area (TPSA) is 95.1 Å². The third kappa shape index (κ3) is 3.48. The lowest BCUT2D eigenvalue weighted by Gasteiger charge is -2.68. The normalized spacial score (nSPS) is 32.1. The Bertz CT molecular complexity index is 943. The van der Waals surface area contributed by atoms with Crippen LogP contribution in [0.4, 0.5) is 13.2 Å². The maximum atomic E-state index is 12.5. The maximum Gasteiger partial charge on any atom is 0.408 e. The van der Waals surface area contributed by atoms with E-state index in [9.17, 15) is 18.0 Å². The molecule has 2 bridgehead atoms. The predicted molar refractivity (Wildman–Crippen MR) is 96.1 cm³/mol. The van der Waals surface area contributed by atoms with Crippen molar-refractivity contribution < 1.29 is 27.1 Å². The number of alkyl halides is 3. The third-order valence-electron chi connectivity index (χ3n) is 6.32. The van der Waals surface area contributed by atoms with Crippen LogP contribution in [0.1, 0.15) is 44.9 Å². The van der Waals surface area contributed by atoms with Gasteiger partial charge in [0.2, 0.25) is 11.8 Å². The number of rotatable bonds is 7. The molecule has 6 rings (SSSR count). The molecule has 4 aliphatic carbocycles. The van der Waals surface area contributed by atoms with Gasteiger partial charge in [-0.05, 0) is 38.0 Å². The second-order valence-electron chi connectivity index (χ2n) is 9.10. The largest absolute Gasteiger partial charge is 0.420 e. The molecule has 0 spiro atoms. The molecule has 8 nitrogen and oxygen atoms in total. The molecule has 30 heavy (non-hydrogen) atoms. The summed E-state index contributed by atoms with van der Waals surface area (Å²) in [5.41, 5.74) is -0.153. The molecule has 1 N–H and O–H groups in total. The van der Waals surface area contributed by atoms with E-state index in [2.05, 4.69) is 27.5 Å². The fourth-order valence-electron chi connectivity index (χ4n) is 4.94. The van der Waals surface area contributed by atoms with E-state index in [1.807, 2.05) is 0 Å². The summed E-state index contributed by atoms with van der Waals surface area (Å²) in [4.78, 5) is 12.2. The molecule has 0 aromatic carbocycles. The van der Waals surface area contributed by atoms with Crippen LogP contribution >= 0.6 is 0 Å². The van der Waals surface area contributed by atoms with Crippen LogP contribution in [0.3, 0.4) is 0 Å². The summed E-state index contributed by atoms with van der Waals surface area (Å²) in [6.07, 6.45) is 2.50. The van der Waals surface area contributed by atoms with Crippen LogP contribution in [0.25, 0.3) is 11.5 Å². The van der Waals surface area contributed by atoms with Crippen LogP contribution in [0.2, 0.25) is 0 Å². The lowest BCUT2D eigenvalue weighted by atomic mass is 9.39. The van der Waals surface area contributed by atoms with Gasteiger partial charge < -0.3 is 14.5 Å². The molecule has 0 radical (unpaired) electrons. The van der Waals surface area contributed by atoms with Gasteiger partial charge in [0.05, 0.1) is 23.3 Å². The fourth-order valence-corrected chi connectivity index (χ4v) is 4.94. The molecule has 4 fully saturated rings. The third-order valence-corrected chi connectivity index (χ3v) is 6.32. The molecular weight excluding hydrogens is 403 g/mol. The Hall–Kier alpha value is -2.43. The monoisotopic (exact) mass is 425 g/mol. The van der Waals surface area contributed by atoms with Crippen molar-refractivity contribution in [3.8, 4) is 11.5 Å². The molecule has 2 aromatic heterocycles. The summed E-state index contributed by atoms with van der Waals surface area (Å²) in [5.74, 6) is 1.17. The summed E-state index contributed by atoms with van der Waals surface area (Å²) < 4.78 is 49.5. The van der Waals surface area contributed by atoms with E-state index >= 15 is 0 Å². The van der Waals surface area contributed by atoms with E-state index in [-0.39, 0.29) is 35.5 Å². The predicted octanol–water partition coefficient (Wildman–Crippen LogP) is 2.60. The minimum Gasteiger partial charge on any atom is -0.420 e. The van der Waals surface area contributed by atoms with Crippen LogP contribution in [0.5, 0.6) is 0 Å². The van der Waals surface area contributed by atoms with Crippen LogP contribution < -0.4 is 5.32 Å². The molecule has 11 heteroatoms. The van der Waals surface area contributed by atoms with Crippen molar-refractivity contribution in [1.29, 1.82) is 0 Å². The Balaban J connectivity index is 1.14. The van der Waals surface area contributed by atoms with Crippen molar-refractivity contribution in [1.82, 2.24) is 25.3 Å². The zero-order chi connectivity index (χ0) is 21.1. The van der Waals surface area contributed by atoms with E-state index in [0.717, 1.165) is 17.5 Å². The molecule has 2 heterocycles.